The maximum Gasteiger partial charge on any atom is 0.230 e. The van der Waals surface area contributed by atoms with Crippen molar-refractivity contribution in [1.29, 1.82) is 0 Å². The maximum atomic E-state index is 13.3. The van der Waals surface area contributed by atoms with Crippen LogP contribution in [0.5, 0.6) is 0 Å². The zero-order valence-electron chi connectivity index (χ0n) is 18.1. The first-order chi connectivity index (χ1) is 15.8. The second kappa shape index (κ2) is 10.0. The molecule has 0 aliphatic rings. The molecule has 0 N–H and O–H groups in total. The van der Waals surface area contributed by atoms with Gasteiger partial charge in [0.05, 0.1) is 28.3 Å². The van der Waals surface area contributed by atoms with E-state index in [4.69, 9.17) is 16.6 Å². The molecular formula is C25H23ClN2O3S2. The van der Waals surface area contributed by atoms with Crippen LogP contribution in [0.4, 0.5) is 5.13 Å². The lowest BCUT2D eigenvalue weighted by Gasteiger charge is -2.20. The fraction of sp³-hybridized carbons (Fsp3) is 0.200. The van der Waals surface area contributed by atoms with Crippen molar-refractivity contribution < 1.29 is 13.2 Å². The monoisotopic (exact) mass is 498 g/mol. The minimum absolute atomic E-state index is 0.0847. The zero-order chi connectivity index (χ0) is 23.4. The minimum Gasteiger partial charge on any atom is -0.284 e. The molecule has 0 aliphatic carbocycles. The highest BCUT2D eigenvalue weighted by Crippen LogP contribution is 2.34. The van der Waals surface area contributed by atoms with Crippen LogP contribution in [0.1, 0.15) is 23.1 Å². The summed E-state index contributed by atoms with van der Waals surface area (Å²) in [6.07, 6.45) is -0.113. The molecule has 1 heterocycles. The lowest BCUT2D eigenvalue weighted by atomic mass is 10.2. The van der Waals surface area contributed by atoms with E-state index in [1.807, 2.05) is 55.5 Å². The molecule has 0 unspecified atom stereocenters. The molecule has 1 amide bonds. The van der Waals surface area contributed by atoms with Gasteiger partial charge in [-0.1, -0.05) is 83.6 Å². The third-order valence-corrected chi connectivity index (χ3v) is 8.36. The molecule has 0 atom stereocenters. The van der Waals surface area contributed by atoms with Crippen molar-refractivity contribution in [2.24, 2.45) is 0 Å². The molecule has 0 saturated carbocycles. The first-order valence-corrected chi connectivity index (χ1v) is 13.5. The largest absolute Gasteiger partial charge is 0.284 e. The zero-order valence-corrected chi connectivity index (χ0v) is 20.5. The number of rotatable bonds is 8. The van der Waals surface area contributed by atoms with Crippen molar-refractivity contribution in [2.75, 3.05) is 10.7 Å². The summed E-state index contributed by atoms with van der Waals surface area (Å²) < 4.78 is 26.2. The van der Waals surface area contributed by atoms with Crippen LogP contribution < -0.4 is 4.90 Å². The van der Waals surface area contributed by atoms with Gasteiger partial charge in [0.25, 0.3) is 0 Å². The molecule has 0 spiro atoms. The molecule has 3 aromatic carbocycles. The van der Waals surface area contributed by atoms with Crippen LogP contribution in [0.15, 0.2) is 72.8 Å². The van der Waals surface area contributed by atoms with Crippen molar-refractivity contribution in [3.05, 3.63) is 94.5 Å². The average Bonchev–Trinajstić information content (AvgIpc) is 3.24. The number of nitrogens with zero attached hydrogens (tertiary/aromatic N) is 2. The van der Waals surface area contributed by atoms with E-state index in [1.54, 1.807) is 29.2 Å². The SMILES string of the molecule is Cc1c(Cl)ccc2sc(N(Cc3ccccc3)C(=O)CCS(=O)(=O)Cc3ccccc3)nc12. The van der Waals surface area contributed by atoms with Crippen LogP contribution in [0.2, 0.25) is 5.02 Å². The Kier molecular flexibility index (Phi) is 7.12. The van der Waals surface area contributed by atoms with E-state index in [9.17, 15) is 13.2 Å². The molecule has 33 heavy (non-hydrogen) atoms. The van der Waals surface area contributed by atoms with Crippen molar-refractivity contribution in [2.45, 2.75) is 25.6 Å². The van der Waals surface area contributed by atoms with Gasteiger partial charge in [0.15, 0.2) is 15.0 Å². The Hall–Kier alpha value is -2.74. The van der Waals surface area contributed by atoms with Crippen LogP contribution in [0.25, 0.3) is 10.2 Å². The summed E-state index contributed by atoms with van der Waals surface area (Å²) in [5.41, 5.74) is 3.26. The number of carbonyl (C=O) groups excluding carboxylic acids is 1. The molecule has 0 saturated heterocycles. The lowest BCUT2D eigenvalue weighted by Crippen LogP contribution is -2.31. The van der Waals surface area contributed by atoms with Gasteiger partial charge < -0.3 is 0 Å². The van der Waals surface area contributed by atoms with E-state index in [-0.39, 0.29) is 23.8 Å². The number of fused-ring (bicyclic) bond motifs is 1. The fourth-order valence-corrected chi connectivity index (χ4v) is 6.04. The summed E-state index contributed by atoms with van der Waals surface area (Å²) in [4.78, 5) is 19.5. The highest BCUT2D eigenvalue weighted by atomic mass is 35.5. The van der Waals surface area contributed by atoms with Gasteiger partial charge in [0, 0.05) is 11.4 Å². The number of hydrogen-bond donors (Lipinski definition) is 0. The third-order valence-electron chi connectivity index (χ3n) is 5.31. The molecule has 170 valence electrons. The maximum absolute atomic E-state index is 13.3. The molecular weight excluding hydrogens is 476 g/mol. The van der Waals surface area contributed by atoms with E-state index in [2.05, 4.69) is 0 Å². The van der Waals surface area contributed by atoms with E-state index >= 15 is 0 Å². The molecule has 8 heteroatoms. The number of halogens is 1. The number of benzene rings is 3. The third kappa shape index (κ3) is 5.79. The molecule has 0 radical (unpaired) electrons. The first kappa shape index (κ1) is 23.4. The predicted molar refractivity (Wildman–Crippen MR) is 136 cm³/mol. The van der Waals surface area contributed by atoms with Crippen LogP contribution in [0, 0.1) is 6.92 Å². The number of aryl methyl sites for hydroxylation is 1. The van der Waals surface area contributed by atoms with E-state index < -0.39 is 9.84 Å². The second-order valence-corrected chi connectivity index (χ2v) is 11.4. The topological polar surface area (TPSA) is 67.3 Å². The number of aromatic nitrogens is 1. The van der Waals surface area contributed by atoms with Gasteiger partial charge >= 0.3 is 0 Å². The summed E-state index contributed by atoms with van der Waals surface area (Å²) in [7, 11) is -3.44. The lowest BCUT2D eigenvalue weighted by molar-refractivity contribution is -0.118. The van der Waals surface area contributed by atoms with Gasteiger partial charge in [0.1, 0.15) is 0 Å². The Morgan fingerprint density at radius 2 is 1.61 bits per heavy atom. The van der Waals surface area contributed by atoms with Gasteiger partial charge in [-0.05, 0) is 35.7 Å². The standard InChI is InChI=1S/C25H23ClN2O3S2/c1-18-21(26)12-13-22-24(18)27-25(32-22)28(16-19-8-4-2-5-9-19)23(29)14-15-33(30,31)17-20-10-6-3-7-11-20/h2-13H,14-17H2,1H3. The molecule has 4 rings (SSSR count). The van der Waals surface area contributed by atoms with E-state index in [1.165, 1.54) is 11.3 Å². The molecule has 4 aromatic rings. The predicted octanol–water partition coefficient (Wildman–Crippen LogP) is 5.80. The molecule has 0 fully saturated rings. The summed E-state index contributed by atoms with van der Waals surface area (Å²) >= 11 is 7.65. The van der Waals surface area contributed by atoms with Gasteiger partial charge in [-0.3, -0.25) is 9.69 Å². The molecule has 5 nitrogen and oxygen atoms in total. The van der Waals surface area contributed by atoms with Gasteiger partial charge in [-0.2, -0.15) is 0 Å². The smallest absolute Gasteiger partial charge is 0.230 e. The highest BCUT2D eigenvalue weighted by molar-refractivity contribution is 7.90. The Morgan fingerprint density at radius 3 is 2.27 bits per heavy atom. The van der Waals surface area contributed by atoms with Crippen LogP contribution in [0.3, 0.4) is 0 Å². The van der Waals surface area contributed by atoms with Crippen molar-refractivity contribution in [3.8, 4) is 0 Å². The Bertz CT molecular complexity index is 1370. The van der Waals surface area contributed by atoms with Gasteiger partial charge in [0.2, 0.25) is 5.91 Å². The Morgan fingerprint density at radius 1 is 0.970 bits per heavy atom. The number of hydrogen-bond acceptors (Lipinski definition) is 5. The van der Waals surface area contributed by atoms with E-state index in [0.29, 0.717) is 22.3 Å². The van der Waals surface area contributed by atoms with Gasteiger partial charge in [-0.15, -0.1) is 0 Å². The summed E-state index contributed by atoms with van der Waals surface area (Å²) in [5, 5.41) is 1.15. The number of sulfone groups is 1. The summed E-state index contributed by atoms with van der Waals surface area (Å²) in [6, 6.07) is 22.3. The van der Waals surface area contributed by atoms with Crippen molar-refractivity contribution >= 4 is 54.0 Å². The normalized spacial score (nSPS) is 11.6. The number of carbonyl (C=O) groups is 1. The molecule has 1 aromatic heterocycles. The van der Waals surface area contributed by atoms with Gasteiger partial charge in [-0.25, -0.2) is 13.4 Å². The number of amides is 1. The molecule has 0 aliphatic heterocycles. The minimum atomic E-state index is -3.44. The average molecular weight is 499 g/mol. The second-order valence-electron chi connectivity index (χ2n) is 7.81. The summed E-state index contributed by atoms with van der Waals surface area (Å²) in [6.45, 7) is 2.21. The van der Waals surface area contributed by atoms with E-state index in [0.717, 1.165) is 21.3 Å². The van der Waals surface area contributed by atoms with Crippen molar-refractivity contribution in [3.63, 3.8) is 0 Å². The highest BCUT2D eigenvalue weighted by Gasteiger charge is 2.23. The van der Waals surface area contributed by atoms with Crippen molar-refractivity contribution in [1.82, 2.24) is 4.98 Å². The van der Waals surface area contributed by atoms with Crippen LogP contribution >= 0.6 is 22.9 Å². The van der Waals surface area contributed by atoms with Crippen LogP contribution in [-0.4, -0.2) is 25.1 Å². The quantitative estimate of drug-likeness (QED) is 0.308. The Balaban J connectivity index is 1.58. The number of anilines is 1. The fourth-order valence-electron chi connectivity index (χ4n) is 3.51. The number of thiazole rings is 1. The first-order valence-electron chi connectivity index (χ1n) is 10.5. The molecule has 0 bridgehead atoms. The Labute approximate surface area is 202 Å². The summed E-state index contributed by atoms with van der Waals surface area (Å²) in [5.74, 6) is -0.585. The van der Waals surface area contributed by atoms with Crippen LogP contribution in [-0.2, 0) is 26.9 Å².